The fraction of sp³-hybridized carbons (Fsp3) is 0.379. The zero-order valence-corrected chi connectivity index (χ0v) is 50.6. The number of carbonyl (C=O) groups is 1. The fourth-order valence-electron chi connectivity index (χ4n) is 8.65. The molecule has 0 N–H and O–H groups in total. The normalized spacial score (nSPS) is 11.3. The van der Waals surface area contributed by atoms with Crippen molar-refractivity contribution in [2.45, 2.75) is 87.2 Å². The first-order valence-corrected chi connectivity index (χ1v) is 27.8. The molecular weight excluding hydrogens is 1050 g/mol. The van der Waals surface area contributed by atoms with E-state index in [1.165, 1.54) is 39.2 Å². The van der Waals surface area contributed by atoms with Crippen LogP contribution in [0.1, 0.15) is 64.6 Å². The van der Waals surface area contributed by atoms with Crippen molar-refractivity contribution in [1.82, 2.24) is 9.13 Å². The van der Waals surface area contributed by atoms with Gasteiger partial charge in [-0.15, -0.1) is 0 Å². The van der Waals surface area contributed by atoms with E-state index in [-0.39, 0.29) is 18.3 Å². The Morgan fingerprint density at radius 2 is 1.07 bits per heavy atom. The van der Waals surface area contributed by atoms with Gasteiger partial charge in [0.15, 0.2) is 6.61 Å². The number of ether oxygens (including phenoxy) is 7. The lowest BCUT2D eigenvalue weighted by Gasteiger charge is -2.29. The molecule has 2 aromatic heterocycles. The van der Waals surface area contributed by atoms with Crippen LogP contribution in [-0.2, 0) is 36.8 Å². The van der Waals surface area contributed by atoms with Gasteiger partial charge in [-0.3, -0.25) is 4.79 Å². The third-order valence-corrected chi connectivity index (χ3v) is 14.0. The first kappa shape index (κ1) is 66.1. The molecule has 3 heterocycles. The average molecular weight is 1140 g/mol. The van der Waals surface area contributed by atoms with Crippen LogP contribution in [0.3, 0.4) is 0 Å². The summed E-state index contributed by atoms with van der Waals surface area (Å²) in [6, 6.07) is 39.2. The summed E-state index contributed by atoms with van der Waals surface area (Å²) in [5, 5.41) is 3.37. The molecule has 0 atom stereocenters. The van der Waals surface area contributed by atoms with E-state index in [2.05, 4.69) is 85.5 Å². The van der Waals surface area contributed by atoms with E-state index in [0.717, 1.165) is 109 Å². The number of anilines is 1. The fourth-order valence-corrected chi connectivity index (χ4v) is 9.00. The van der Waals surface area contributed by atoms with Crippen LogP contribution in [0, 0.1) is 54.3 Å². The second-order valence-electron chi connectivity index (χ2n) is 19.3. The number of benzene rings is 6. The minimum Gasteiger partial charge on any atom is -0.497 e. The molecule has 0 fully saturated rings. The van der Waals surface area contributed by atoms with E-state index in [0.29, 0.717) is 29.8 Å². The molecule has 0 radical (unpaired) electrons. The molecular formula is C66H84Cl2FN3O8. The van der Waals surface area contributed by atoms with Crippen molar-refractivity contribution in [2.75, 3.05) is 86.6 Å². The van der Waals surface area contributed by atoms with E-state index in [9.17, 15) is 9.18 Å². The molecule has 1 amide bonds. The molecule has 0 saturated heterocycles. The molecule has 0 saturated carbocycles. The van der Waals surface area contributed by atoms with Gasteiger partial charge in [0.2, 0.25) is 0 Å². The minimum atomic E-state index is -0.138. The van der Waals surface area contributed by atoms with Crippen molar-refractivity contribution >= 4 is 56.6 Å². The Labute approximate surface area is 485 Å². The smallest absolute Gasteiger partial charge is 0.265 e. The molecule has 1 aliphatic heterocycles. The topological polar surface area (TPSA) is 94.8 Å². The van der Waals surface area contributed by atoms with Crippen LogP contribution in [-0.4, -0.2) is 96.8 Å². The van der Waals surface area contributed by atoms with Crippen LogP contribution in [0.25, 0.3) is 21.8 Å². The standard InChI is InChI=1S/C13H16FNO.C13H17NO.C12H15NO3.C12H18O3.C9H12.C7H6Cl2/c1-10-9-15(7-4-8-16-2)12-6-3-5-11(14)13(10)12;1-11-10-14(8-5-9-15-2)13-7-4-3-6-12(11)13;1-15-8-4-7-13-10-5-2-3-6-11(10)16-9-12(13)14;1-10-7-11(14-3)9-12(8-10)15-6-4-5-13-2;1-7-5-4-6-8(2)9(7)3;1-5-3-2-4-6(8)7(5)9/h3,5-6,9H,4,7-8H2,1-2H3;3-4,6-7,10H,5,8-9H2,1-2H3;2-3,5-6H,4,7-9H2,1H3;7-9H,4-6H2,1-3H3;4-6H,1-3H3;2-4H,1H3. The highest BCUT2D eigenvalue weighted by atomic mass is 35.5. The summed E-state index contributed by atoms with van der Waals surface area (Å²) in [5.74, 6) is 2.33. The maximum Gasteiger partial charge on any atom is 0.265 e. The maximum atomic E-state index is 13.6. The molecule has 0 unspecified atom stereocenters. The summed E-state index contributed by atoms with van der Waals surface area (Å²) in [4.78, 5) is 13.5. The number of hydrogen-bond donors (Lipinski definition) is 0. The Kier molecular flexibility index (Phi) is 29.8. The van der Waals surface area contributed by atoms with Crippen LogP contribution in [0.4, 0.5) is 10.1 Å². The molecule has 14 heteroatoms. The molecule has 80 heavy (non-hydrogen) atoms. The number of halogens is 3. The Hall–Kier alpha value is -6.38. The predicted molar refractivity (Wildman–Crippen MR) is 329 cm³/mol. The number of aryl methyl sites for hydroxylation is 8. The highest BCUT2D eigenvalue weighted by Crippen LogP contribution is 2.32. The van der Waals surface area contributed by atoms with Gasteiger partial charge in [-0.25, -0.2) is 4.39 Å². The molecule has 0 bridgehead atoms. The van der Waals surface area contributed by atoms with Crippen LogP contribution >= 0.6 is 23.2 Å². The van der Waals surface area contributed by atoms with Gasteiger partial charge in [-0.1, -0.05) is 89.9 Å². The lowest BCUT2D eigenvalue weighted by molar-refractivity contribution is -0.121. The van der Waals surface area contributed by atoms with E-state index in [1.807, 2.05) is 87.6 Å². The predicted octanol–water partition coefficient (Wildman–Crippen LogP) is 15.9. The SMILES string of the molecule is COCCCN1C(=O)COc2ccccc21.COCCCOc1cc(C)cc(OC)c1.COCCCn1cc(C)c2c(F)cccc21.COCCCn1cc(C)c2ccccc21.Cc1cccc(C)c1C.Cc1cccc(Cl)c1Cl. The molecule has 11 nitrogen and oxygen atoms in total. The Morgan fingerprint density at radius 3 is 1.70 bits per heavy atom. The molecule has 432 valence electrons. The van der Waals surface area contributed by atoms with Gasteiger partial charge in [0, 0.05) is 116 Å². The van der Waals surface area contributed by atoms with E-state index >= 15 is 0 Å². The Balaban J connectivity index is 0.000000209. The first-order chi connectivity index (χ1) is 38.6. The number of para-hydroxylation sites is 3. The number of amides is 1. The lowest BCUT2D eigenvalue weighted by atomic mass is 10.1. The quantitative estimate of drug-likeness (QED) is 0.0784. The maximum absolute atomic E-state index is 13.6. The Morgan fingerprint density at radius 1 is 0.537 bits per heavy atom. The molecule has 6 aromatic carbocycles. The number of methoxy groups -OCH3 is 5. The zero-order chi connectivity index (χ0) is 58.4. The molecule has 0 aliphatic carbocycles. The zero-order valence-electron chi connectivity index (χ0n) is 49.1. The van der Waals surface area contributed by atoms with Crippen molar-refractivity contribution in [1.29, 1.82) is 0 Å². The van der Waals surface area contributed by atoms with E-state index in [1.54, 1.807) is 52.6 Å². The van der Waals surface area contributed by atoms with Crippen LogP contribution < -0.4 is 19.1 Å². The van der Waals surface area contributed by atoms with Crippen molar-refractivity contribution in [2.24, 2.45) is 0 Å². The van der Waals surface area contributed by atoms with Gasteiger partial charge in [-0.2, -0.15) is 0 Å². The summed E-state index contributed by atoms with van der Waals surface area (Å²) in [5.41, 5.74) is 11.8. The van der Waals surface area contributed by atoms with E-state index in [4.69, 9.17) is 56.4 Å². The van der Waals surface area contributed by atoms with Crippen LogP contribution in [0.2, 0.25) is 10.0 Å². The van der Waals surface area contributed by atoms with E-state index < -0.39 is 0 Å². The molecule has 0 spiro atoms. The number of rotatable bonds is 18. The number of aromatic nitrogens is 2. The van der Waals surface area contributed by atoms with Gasteiger partial charge >= 0.3 is 0 Å². The summed E-state index contributed by atoms with van der Waals surface area (Å²) >= 11 is 11.4. The van der Waals surface area contributed by atoms with Crippen LogP contribution in [0.5, 0.6) is 17.2 Å². The van der Waals surface area contributed by atoms with Crippen molar-refractivity contribution in [3.05, 3.63) is 189 Å². The van der Waals surface area contributed by atoms with Crippen molar-refractivity contribution in [3.63, 3.8) is 0 Å². The van der Waals surface area contributed by atoms with Crippen molar-refractivity contribution < 1.29 is 42.3 Å². The highest BCUT2D eigenvalue weighted by Gasteiger charge is 2.24. The lowest BCUT2D eigenvalue weighted by Crippen LogP contribution is -2.39. The summed E-state index contributed by atoms with van der Waals surface area (Å²) in [7, 11) is 8.45. The molecule has 8 aromatic rings. The number of hydrogen-bond acceptors (Lipinski definition) is 8. The molecule has 1 aliphatic rings. The summed E-state index contributed by atoms with van der Waals surface area (Å²) in [6.07, 6.45) is 7.96. The van der Waals surface area contributed by atoms with Gasteiger partial charge in [0.05, 0.1) is 35.0 Å². The van der Waals surface area contributed by atoms with Gasteiger partial charge in [-0.05, 0) is 155 Å². The first-order valence-electron chi connectivity index (χ1n) is 27.1. The number of carbonyl (C=O) groups excluding carboxylic acids is 1. The average Bonchev–Trinajstić information content (AvgIpc) is 4.02. The number of fused-ring (bicyclic) bond motifs is 3. The summed E-state index contributed by atoms with van der Waals surface area (Å²) in [6.45, 7) is 20.8. The largest absolute Gasteiger partial charge is 0.497 e. The number of nitrogens with zero attached hydrogens (tertiary/aromatic N) is 3. The highest BCUT2D eigenvalue weighted by molar-refractivity contribution is 6.42. The third-order valence-electron chi connectivity index (χ3n) is 13.1. The second kappa shape index (κ2) is 36.1. The molecule has 9 rings (SSSR count). The van der Waals surface area contributed by atoms with Gasteiger partial charge < -0.3 is 47.2 Å². The van der Waals surface area contributed by atoms with Gasteiger partial charge in [0.25, 0.3) is 5.91 Å². The van der Waals surface area contributed by atoms with Crippen molar-refractivity contribution in [3.8, 4) is 17.2 Å². The summed E-state index contributed by atoms with van der Waals surface area (Å²) < 4.78 is 54.1. The monoisotopic (exact) mass is 1140 g/mol. The van der Waals surface area contributed by atoms with Crippen LogP contribution in [0.15, 0.2) is 134 Å². The second-order valence-corrected chi connectivity index (χ2v) is 20.1. The Bertz CT molecular complexity index is 3010. The van der Waals surface area contributed by atoms with Gasteiger partial charge in [0.1, 0.15) is 23.1 Å². The minimum absolute atomic E-state index is 0.00908. The third kappa shape index (κ3) is 21.3.